The lowest BCUT2D eigenvalue weighted by atomic mass is 10.0. The quantitative estimate of drug-likeness (QED) is 0.376. The normalized spacial score (nSPS) is 17.8. The number of thiocarbonyl (C=S) groups is 1. The molecule has 1 aliphatic heterocycles. The lowest BCUT2D eigenvalue weighted by Gasteiger charge is -2.29. The molecule has 6 heteroatoms. The highest BCUT2D eigenvalue weighted by Crippen LogP contribution is 2.42. The van der Waals surface area contributed by atoms with E-state index in [-0.39, 0.29) is 12.1 Å². The third-order valence-corrected chi connectivity index (χ3v) is 6.23. The maximum atomic E-state index is 5.86. The molecule has 2 atom stereocenters. The van der Waals surface area contributed by atoms with Crippen molar-refractivity contribution >= 4 is 23.0 Å². The molecule has 5 nitrogen and oxygen atoms in total. The van der Waals surface area contributed by atoms with Gasteiger partial charge in [-0.15, -0.1) is 0 Å². The van der Waals surface area contributed by atoms with Gasteiger partial charge in [-0.2, -0.15) is 0 Å². The smallest absolute Gasteiger partial charge is 0.174 e. The molecule has 3 heterocycles. The van der Waals surface area contributed by atoms with E-state index in [4.69, 9.17) is 17.0 Å². The number of anilines is 1. The Hall–Kier alpha value is -3.64. The minimum absolute atomic E-state index is 0.0818. The maximum Gasteiger partial charge on any atom is 0.174 e. The number of hydrogen-bond donors (Lipinski definition) is 1. The molecule has 0 bridgehead atoms. The van der Waals surface area contributed by atoms with E-state index in [0.717, 1.165) is 28.5 Å². The Balaban J connectivity index is 1.62. The van der Waals surface area contributed by atoms with Crippen molar-refractivity contribution in [3.8, 4) is 11.4 Å². The van der Waals surface area contributed by atoms with Crippen molar-refractivity contribution in [2.45, 2.75) is 25.9 Å². The van der Waals surface area contributed by atoms with E-state index in [9.17, 15) is 0 Å². The summed E-state index contributed by atoms with van der Waals surface area (Å²) in [6.45, 7) is 4.72. The van der Waals surface area contributed by atoms with Crippen molar-refractivity contribution in [3.63, 3.8) is 0 Å². The van der Waals surface area contributed by atoms with Gasteiger partial charge < -0.3 is 19.5 Å². The van der Waals surface area contributed by atoms with E-state index < -0.39 is 0 Å². The maximum absolute atomic E-state index is 5.86. The van der Waals surface area contributed by atoms with E-state index in [1.807, 2.05) is 43.5 Å². The average Bonchev–Trinajstić information content (AvgIpc) is 3.45. The molecule has 33 heavy (non-hydrogen) atoms. The summed E-state index contributed by atoms with van der Waals surface area (Å²) in [4.78, 5) is 6.84. The molecule has 0 amide bonds. The van der Waals surface area contributed by atoms with E-state index in [2.05, 4.69) is 81.4 Å². The van der Waals surface area contributed by atoms with Gasteiger partial charge in [0.1, 0.15) is 11.8 Å². The first-order chi connectivity index (χ1) is 16.2. The van der Waals surface area contributed by atoms with Gasteiger partial charge in [-0.1, -0.05) is 23.8 Å². The van der Waals surface area contributed by atoms with Gasteiger partial charge in [-0.25, -0.2) is 0 Å². The first-order valence-electron chi connectivity index (χ1n) is 11.1. The standard InChI is InChI=1S/C27H26N4OS/c1-3-32-22-15-13-21(14-16-22)31-26(25(29-27(31)33)23-7-4-5-17-28-23)24-8-6-18-30(24)20-11-9-19(2)10-12-20/h4-18,25-26H,3H2,1-2H3,(H,29,33)/t25-,26-/m0/s1. The van der Waals surface area contributed by atoms with Crippen molar-refractivity contribution in [3.05, 3.63) is 108 Å². The summed E-state index contributed by atoms with van der Waals surface area (Å²) < 4.78 is 7.88. The molecule has 0 aliphatic carbocycles. The second kappa shape index (κ2) is 9.08. The minimum Gasteiger partial charge on any atom is -0.494 e. The summed E-state index contributed by atoms with van der Waals surface area (Å²) in [5.74, 6) is 0.847. The highest BCUT2D eigenvalue weighted by Gasteiger charge is 2.42. The summed E-state index contributed by atoms with van der Waals surface area (Å²) in [5, 5.41) is 4.21. The molecule has 0 radical (unpaired) electrons. The summed E-state index contributed by atoms with van der Waals surface area (Å²) in [7, 11) is 0. The zero-order valence-corrected chi connectivity index (χ0v) is 19.5. The second-order valence-electron chi connectivity index (χ2n) is 8.06. The fourth-order valence-corrected chi connectivity index (χ4v) is 4.72. The van der Waals surface area contributed by atoms with Crippen LogP contribution in [-0.2, 0) is 0 Å². The Labute approximate surface area is 199 Å². The van der Waals surface area contributed by atoms with Gasteiger partial charge >= 0.3 is 0 Å². The number of pyridine rings is 1. The minimum atomic E-state index is -0.0932. The van der Waals surface area contributed by atoms with Crippen molar-refractivity contribution in [2.24, 2.45) is 0 Å². The molecule has 166 valence electrons. The van der Waals surface area contributed by atoms with Crippen molar-refractivity contribution in [1.29, 1.82) is 0 Å². The fourth-order valence-electron chi connectivity index (χ4n) is 4.38. The van der Waals surface area contributed by atoms with Crippen LogP contribution in [0.4, 0.5) is 5.69 Å². The van der Waals surface area contributed by atoms with Crippen molar-refractivity contribution in [2.75, 3.05) is 11.5 Å². The monoisotopic (exact) mass is 454 g/mol. The molecular weight excluding hydrogens is 428 g/mol. The third-order valence-electron chi connectivity index (χ3n) is 5.92. The van der Waals surface area contributed by atoms with Gasteiger partial charge in [-0.3, -0.25) is 4.98 Å². The van der Waals surface area contributed by atoms with Crippen LogP contribution in [0.25, 0.3) is 5.69 Å². The van der Waals surface area contributed by atoms with E-state index in [1.54, 1.807) is 0 Å². The van der Waals surface area contributed by atoms with Gasteiger partial charge in [0.2, 0.25) is 0 Å². The Morgan fingerprint density at radius 2 is 1.70 bits per heavy atom. The molecule has 0 saturated carbocycles. The third kappa shape index (κ3) is 4.10. The van der Waals surface area contributed by atoms with Gasteiger partial charge in [-0.05, 0) is 86.7 Å². The van der Waals surface area contributed by atoms with Crippen LogP contribution < -0.4 is 15.0 Å². The number of rotatable bonds is 6. The Bertz CT molecular complexity index is 1240. The summed E-state index contributed by atoms with van der Waals surface area (Å²) in [6.07, 6.45) is 3.93. The summed E-state index contributed by atoms with van der Waals surface area (Å²) >= 11 is 5.86. The van der Waals surface area contributed by atoms with Gasteiger partial charge in [0.25, 0.3) is 0 Å². The molecule has 2 aromatic carbocycles. The summed E-state index contributed by atoms with van der Waals surface area (Å²) in [6, 6.07) is 26.8. The fraction of sp³-hybridized carbons (Fsp3) is 0.185. The van der Waals surface area contributed by atoms with Gasteiger partial charge in [0, 0.05) is 29.5 Å². The molecule has 1 aliphatic rings. The molecule has 1 saturated heterocycles. The van der Waals surface area contributed by atoms with Crippen LogP contribution in [0.3, 0.4) is 0 Å². The average molecular weight is 455 g/mol. The first-order valence-corrected chi connectivity index (χ1v) is 11.5. The van der Waals surface area contributed by atoms with Crippen LogP contribution in [-0.4, -0.2) is 21.3 Å². The van der Waals surface area contributed by atoms with Crippen LogP contribution in [0.5, 0.6) is 5.75 Å². The molecule has 0 unspecified atom stereocenters. The number of aromatic nitrogens is 2. The van der Waals surface area contributed by atoms with Crippen molar-refractivity contribution in [1.82, 2.24) is 14.9 Å². The zero-order valence-electron chi connectivity index (χ0n) is 18.7. The van der Waals surface area contributed by atoms with Crippen molar-refractivity contribution < 1.29 is 4.74 Å². The first kappa shape index (κ1) is 21.2. The molecular formula is C27H26N4OS. The van der Waals surface area contributed by atoms with Crippen LogP contribution >= 0.6 is 12.2 Å². The zero-order chi connectivity index (χ0) is 22.8. The van der Waals surface area contributed by atoms with Gasteiger partial charge in [0.15, 0.2) is 5.11 Å². The number of nitrogens with zero attached hydrogens (tertiary/aromatic N) is 3. The molecule has 4 aromatic rings. The van der Waals surface area contributed by atoms with E-state index in [1.165, 1.54) is 5.56 Å². The van der Waals surface area contributed by atoms with Crippen LogP contribution in [0.1, 0.15) is 36.0 Å². The Morgan fingerprint density at radius 3 is 2.39 bits per heavy atom. The SMILES string of the molecule is CCOc1ccc(N2C(=S)N[C@@H](c3ccccn3)[C@@H]2c2cccn2-c2ccc(C)cc2)cc1. The van der Waals surface area contributed by atoms with E-state index >= 15 is 0 Å². The highest BCUT2D eigenvalue weighted by molar-refractivity contribution is 7.80. The van der Waals surface area contributed by atoms with Crippen LogP contribution in [0, 0.1) is 6.92 Å². The molecule has 1 fully saturated rings. The largest absolute Gasteiger partial charge is 0.494 e. The molecule has 2 aromatic heterocycles. The lowest BCUT2D eigenvalue weighted by Crippen LogP contribution is -2.30. The number of ether oxygens (including phenoxy) is 1. The second-order valence-corrected chi connectivity index (χ2v) is 8.45. The highest BCUT2D eigenvalue weighted by atomic mass is 32.1. The van der Waals surface area contributed by atoms with E-state index in [0.29, 0.717) is 11.7 Å². The number of nitrogens with one attached hydrogen (secondary N) is 1. The predicted octanol–water partition coefficient (Wildman–Crippen LogP) is 5.76. The van der Waals surface area contributed by atoms with Gasteiger partial charge in [0.05, 0.1) is 18.3 Å². The Morgan fingerprint density at radius 1 is 0.939 bits per heavy atom. The number of hydrogen-bond acceptors (Lipinski definition) is 3. The van der Waals surface area contributed by atoms with Crippen LogP contribution in [0.15, 0.2) is 91.3 Å². The lowest BCUT2D eigenvalue weighted by molar-refractivity contribution is 0.340. The topological polar surface area (TPSA) is 42.3 Å². The molecule has 5 rings (SSSR count). The molecule has 0 spiro atoms. The number of aryl methyl sites for hydroxylation is 1. The predicted molar refractivity (Wildman–Crippen MR) is 136 cm³/mol. The Kier molecular flexibility index (Phi) is 5.84. The summed E-state index contributed by atoms with van der Waals surface area (Å²) in [5.41, 5.74) is 5.45. The molecule has 1 N–H and O–H groups in total. The van der Waals surface area contributed by atoms with Crippen LogP contribution in [0.2, 0.25) is 0 Å². The number of benzene rings is 2.